The highest BCUT2D eigenvalue weighted by Crippen LogP contribution is 2.14. The average molecular weight is 370 g/mol. The number of hydrogen-bond acceptors (Lipinski definition) is 3. The quantitative estimate of drug-likeness (QED) is 0.590. The number of methoxy groups -OCH3 is 1. The standard InChI is InChI=1S/C23H27FO3/c1-17(25)14-21(16-27-2)23(26)13-12-19-8-6-18(7-9-19)10-11-20-4-3-5-22(24)15-20/h3-9,15,21H,10-14,16H2,1-2H3/t21-/m1/s1. The van der Waals surface area contributed by atoms with E-state index in [4.69, 9.17) is 4.74 Å². The Bertz CT molecular complexity index is 752. The molecule has 0 fully saturated rings. The van der Waals surface area contributed by atoms with Crippen molar-refractivity contribution in [1.82, 2.24) is 0 Å². The maximum atomic E-state index is 13.2. The van der Waals surface area contributed by atoms with Crippen molar-refractivity contribution in [2.75, 3.05) is 13.7 Å². The molecule has 3 nitrogen and oxygen atoms in total. The van der Waals surface area contributed by atoms with Crippen LogP contribution in [-0.4, -0.2) is 25.3 Å². The first-order valence-electron chi connectivity index (χ1n) is 9.31. The molecule has 0 spiro atoms. The van der Waals surface area contributed by atoms with E-state index in [1.807, 2.05) is 18.2 Å². The molecule has 0 saturated carbocycles. The Balaban J connectivity index is 1.84. The first-order chi connectivity index (χ1) is 13.0. The largest absolute Gasteiger partial charge is 0.384 e. The van der Waals surface area contributed by atoms with E-state index in [-0.39, 0.29) is 36.3 Å². The van der Waals surface area contributed by atoms with Crippen LogP contribution < -0.4 is 0 Å². The second-order valence-corrected chi connectivity index (χ2v) is 6.97. The molecule has 0 aliphatic heterocycles. The van der Waals surface area contributed by atoms with Crippen LogP contribution in [0.3, 0.4) is 0 Å². The zero-order chi connectivity index (χ0) is 19.6. The Kier molecular flexibility index (Phi) is 8.34. The van der Waals surface area contributed by atoms with Crippen LogP contribution in [0.25, 0.3) is 0 Å². The van der Waals surface area contributed by atoms with E-state index < -0.39 is 0 Å². The van der Waals surface area contributed by atoms with Crippen LogP contribution >= 0.6 is 0 Å². The van der Waals surface area contributed by atoms with Crippen LogP contribution in [0.5, 0.6) is 0 Å². The third-order valence-electron chi connectivity index (χ3n) is 4.63. The summed E-state index contributed by atoms with van der Waals surface area (Å²) < 4.78 is 18.3. The van der Waals surface area contributed by atoms with Crippen molar-refractivity contribution in [2.45, 2.75) is 39.0 Å². The van der Waals surface area contributed by atoms with E-state index in [0.29, 0.717) is 12.8 Å². The molecule has 4 heteroatoms. The van der Waals surface area contributed by atoms with Crippen LogP contribution in [-0.2, 0) is 33.6 Å². The molecule has 2 aromatic rings. The van der Waals surface area contributed by atoms with Gasteiger partial charge in [0.05, 0.1) is 6.61 Å². The average Bonchev–Trinajstić information content (AvgIpc) is 2.64. The van der Waals surface area contributed by atoms with Gasteiger partial charge < -0.3 is 9.53 Å². The maximum Gasteiger partial charge on any atom is 0.139 e. The first kappa shape index (κ1) is 21.0. The lowest BCUT2D eigenvalue weighted by Gasteiger charge is -2.13. The molecule has 0 unspecified atom stereocenters. The summed E-state index contributed by atoms with van der Waals surface area (Å²) in [4.78, 5) is 23.6. The summed E-state index contributed by atoms with van der Waals surface area (Å²) >= 11 is 0. The summed E-state index contributed by atoms with van der Waals surface area (Å²) in [5.74, 6) is -0.475. The number of benzene rings is 2. The van der Waals surface area contributed by atoms with Gasteiger partial charge in [-0.2, -0.15) is 0 Å². The van der Waals surface area contributed by atoms with E-state index >= 15 is 0 Å². The van der Waals surface area contributed by atoms with Crippen LogP contribution in [0, 0.1) is 11.7 Å². The molecule has 0 heterocycles. The third-order valence-corrected chi connectivity index (χ3v) is 4.63. The van der Waals surface area contributed by atoms with Gasteiger partial charge in [-0.05, 0) is 55.0 Å². The summed E-state index contributed by atoms with van der Waals surface area (Å²) in [5, 5.41) is 0. The first-order valence-corrected chi connectivity index (χ1v) is 9.31. The fourth-order valence-corrected chi connectivity index (χ4v) is 3.14. The molecular weight excluding hydrogens is 343 g/mol. The van der Waals surface area contributed by atoms with Gasteiger partial charge in [0, 0.05) is 25.9 Å². The molecule has 0 saturated heterocycles. The van der Waals surface area contributed by atoms with Crippen molar-refractivity contribution < 1.29 is 18.7 Å². The number of halogens is 1. The molecule has 1 atom stereocenters. The SMILES string of the molecule is COC[C@@H](CC(C)=O)C(=O)CCc1ccc(CCc2cccc(F)c2)cc1. The van der Waals surface area contributed by atoms with Gasteiger partial charge in [-0.3, -0.25) is 4.79 Å². The molecule has 0 radical (unpaired) electrons. The van der Waals surface area contributed by atoms with Crippen molar-refractivity contribution in [3.05, 3.63) is 71.0 Å². The van der Waals surface area contributed by atoms with Gasteiger partial charge in [-0.1, -0.05) is 36.4 Å². The zero-order valence-corrected chi connectivity index (χ0v) is 16.0. The highest BCUT2D eigenvalue weighted by Gasteiger charge is 2.19. The summed E-state index contributed by atoms with van der Waals surface area (Å²) in [5.41, 5.74) is 3.26. The molecule has 144 valence electrons. The van der Waals surface area contributed by atoms with Crippen molar-refractivity contribution in [3.63, 3.8) is 0 Å². The number of aryl methyl sites for hydroxylation is 3. The van der Waals surface area contributed by atoms with Gasteiger partial charge in [0.25, 0.3) is 0 Å². The highest BCUT2D eigenvalue weighted by molar-refractivity contribution is 5.87. The number of ether oxygens (including phenoxy) is 1. The smallest absolute Gasteiger partial charge is 0.139 e. The number of Topliss-reactive ketones (excluding diaryl/α,β-unsaturated/α-hetero) is 2. The lowest BCUT2D eigenvalue weighted by atomic mass is 9.94. The Morgan fingerprint density at radius 3 is 2.19 bits per heavy atom. The normalized spacial score (nSPS) is 12.0. The molecule has 2 rings (SSSR count). The van der Waals surface area contributed by atoms with Crippen LogP contribution in [0.1, 0.15) is 36.5 Å². The highest BCUT2D eigenvalue weighted by atomic mass is 19.1. The molecule has 0 aliphatic rings. The van der Waals surface area contributed by atoms with Gasteiger partial charge in [-0.25, -0.2) is 4.39 Å². The molecule has 0 amide bonds. The Hall–Kier alpha value is -2.33. The number of carbonyl (C=O) groups is 2. The monoisotopic (exact) mass is 370 g/mol. The van der Waals surface area contributed by atoms with Crippen LogP contribution in [0.2, 0.25) is 0 Å². The maximum absolute atomic E-state index is 13.2. The summed E-state index contributed by atoms with van der Waals surface area (Å²) in [7, 11) is 1.54. The molecular formula is C23H27FO3. The molecule has 0 bridgehead atoms. The Morgan fingerprint density at radius 2 is 1.59 bits per heavy atom. The van der Waals surface area contributed by atoms with Gasteiger partial charge in [0.1, 0.15) is 17.4 Å². The summed E-state index contributed by atoms with van der Waals surface area (Å²) in [6.45, 7) is 1.79. The number of rotatable bonds is 11. The Labute approximate surface area is 160 Å². The second kappa shape index (κ2) is 10.7. The van der Waals surface area contributed by atoms with Gasteiger partial charge >= 0.3 is 0 Å². The van der Waals surface area contributed by atoms with E-state index in [2.05, 4.69) is 12.1 Å². The topological polar surface area (TPSA) is 43.4 Å². The molecule has 2 aromatic carbocycles. The number of hydrogen-bond donors (Lipinski definition) is 0. The predicted molar refractivity (Wildman–Crippen MR) is 104 cm³/mol. The van der Waals surface area contributed by atoms with Crippen molar-refractivity contribution in [1.29, 1.82) is 0 Å². The predicted octanol–water partition coefficient (Wildman–Crippen LogP) is 4.35. The van der Waals surface area contributed by atoms with Gasteiger partial charge in [0.2, 0.25) is 0 Å². The van der Waals surface area contributed by atoms with E-state index in [9.17, 15) is 14.0 Å². The van der Waals surface area contributed by atoms with Crippen molar-refractivity contribution >= 4 is 11.6 Å². The minimum atomic E-state index is -0.349. The van der Waals surface area contributed by atoms with Crippen molar-refractivity contribution in [2.24, 2.45) is 5.92 Å². The lowest BCUT2D eigenvalue weighted by molar-refractivity contribution is -0.128. The molecule has 0 N–H and O–H groups in total. The van der Waals surface area contributed by atoms with E-state index in [0.717, 1.165) is 24.0 Å². The number of carbonyl (C=O) groups excluding carboxylic acids is 2. The minimum Gasteiger partial charge on any atom is -0.384 e. The minimum absolute atomic E-state index is 0.00745. The summed E-state index contributed by atoms with van der Waals surface area (Å²) in [6, 6.07) is 14.9. The fourth-order valence-electron chi connectivity index (χ4n) is 3.14. The summed E-state index contributed by atoms with van der Waals surface area (Å²) in [6.07, 6.45) is 2.94. The van der Waals surface area contributed by atoms with Gasteiger partial charge in [0.15, 0.2) is 0 Å². The van der Waals surface area contributed by atoms with Crippen LogP contribution in [0.15, 0.2) is 48.5 Å². The molecule has 0 aromatic heterocycles. The zero-order valence-electron chi connectivity index (χ0n) is 16.0. The molecule has 0 aliphatic carbocycles. The second-order valence-electron chi connectivity index (χ2n) is 6.97. The van der Waals surface area contributed by atoms with Gasteiger partial charge in [-0.15, -0.1) is 0 Å². The van der Waals surface area contributed by atoms with Crippen molar-refractivity contribution in [3.8, 4) is 0 Å². The van der Waals surface area contributed by atoms with Crippen LogP contribution in [0.4, 0.5) is 4.39 Å². The van der Waals surface area contributed by atoms with E-state index in [1.165, 1.54) is 18.6 Å². The number of ketones is 2. The Morgan fingerprint density at radius 1 is 0.963 bits per heavy atom. The fraction of sp³-hybridized carbons (Fsp3) is 0.391. The third kappa shape index (κ3) is 7.43. The lowest BCUT2D eigenvalue weighted by Crippen LogP contribution is -2.22. The molecule has 27 heavy (non-hydrogen) atoms. The van der Waals surface area contributed by atoms with E-state index in [1.54, 1.807) is 19.2 Å².